The van der Waals surface area contributed by atoms with E-state index in [0.717, 1.165) is 37.1 Å². The molecule has 120 valence electrons. The van der Waals surface area contributed by atoms with Gasteiger partial charge in [0, 0.05) is 12.1 Å². The van der Waals surface area contributed by atoms with Crippen LogP contribution in [0.25, 0.3) is 0 Å². The van der Waals surface area contributed by atoms with Gasteiger partial charge in [-0.05, 0) is 25.3 Å². The van der Waals surface area contributed by atoms with Crippen LogP contribution in [0.4, 0.5) is 0 Å². The Morgan fingerprint density at radius 3 is 2.82 bits per heavy atom. The molecule has 0 aliphatic carbocycles. The van der Waals surface area contributed by atoms with Crippen molar-refractivity contribution < 1.29 is 19.0 Å². The van der Waals surface area contributed by atoms with Gasteiger partial charge in [-0.2, -0.15) is 0 Å². The number of hydrogen-bond acceptors (Lipinski definition) is 4. The summed E-state index contributed by atoms with van der Waals surface area (Å²) in [5, 5.41) is 0. The van der Waals surface area contributed by atoms with Crippen molar-refractivity contribution in [1.82, 2.24) is 4.90 Å². The Kier molecular flexibility index (Phi) is 4.95. The van der Waals surface area contributed by atoms with E-state index in [1.165, 1.54) is 0 Å². The fourth-order valence-corrected chi connectivity index (χ4v) is 3.26. The van der Waals surface area contributed by atoms with Crippen LogP contribution in [0.5, 0.6) is 5.75 Å². The van der Waals surface area contributed by atoms with E-state index >= 15 is 0 Å². The summed E-state index contributed by atoms with van der Waals surface area (Å²) in [5.41, 5.74) is 0.924. The van der Waals surface area contributed by atoms with Crippen molar-refractivity contribution in [2.24, 2.45) is 0 Å². The van der Waals surface area contributed by atoms with Crippen LogP contribution in [-0.4, -0.2) is 50.0 Å². The smallest absolute Gasteiger partial charge is 0.227 e. The molecule has 0 aromatic heterocycles. The van der Waals surface area contributed by atoms with Crippen LogP contribution >= 0.6 is 0 Å². The molecule has 1 atom stereocenters. The Labute approximate surface area is 131 Å². The van der Waals surface area contributed by atoms with Crippen LogP contribution in [0.2, 0.25) is 0 Å². The molecule has 1 aromatic rings. The molecule has 2 aliphatic rings. The molecule has 0 N–H and O–H groups in total. The van der Waals surface area contributed by atoms with E-state index in [-0.39, 0.29) is 18.2 Å². The maximum atomic E-state index is 12.8. The number of benzene rings is 1. The molecule has 2 fully saturated rings. The average Bonchev–Trinajstić information content (AvgIpc) is 3.09. The lowest BCUT2D eigenvalue weighted by molar-refractivity contribution is -0.150. The zero-order chi connectivity index (χ0) is 15.4. The number of carbonyl (C=O) groups is 1. The summed E-state index contributed by atoms with van der Waals surface area (Å²) in [6.07, 6.45) is 3.20. The third kappa shape index (κ3) is 3.25. The molecule has 2 aliphatic heterocycles. The lowest BCUT2D eigenvalue weighted by atomic mass is 10.00. The second-order valence-electron chi connectivity index (χ2n) is 5.75. The highest BCUT2D eigenvalue weighted by Crippen LogP contribution is 2.26. The van der Waals surface area contributed by atoms with Gasteiger partial charge in [0.05, 0.1) is 32.8 Å². The molecule has 1 amide bonds. The van der Waals surface area contributed by atoms with E-state index < -0.39 is 0 Å². The number of amides is 1. The van der Waals surface area contributed by atoms with Gasteiger partial charge in [0.25, 0.3) is 0 Å². The molecular formula is C17H23NO4. The van der Waals surface area contributed by atoms with Gasteiger partial charge in [-0.25, -0.2) is 0 Å². The molecule has 0 saturated carbocycles. The highest BCUT2D eigenvalue weighted by atomic mass is 16.7. The first-order valence-corrected chi connectivity index (χ1v) is 7.94. The van der Waals surface area contributed by atoms with Crippen molar-refractivity contribution in [2.45, 2.75) is 38.0 Å². The van der Waals surface area contributed by atoms with Gasteiger partial charge in [-0.15, -0.1) is 0 Å². The Hall–Kier alpha value is -1.59. The number of para-hydroxylation sites is 1. The molecule has 5 heteroatoms. The monoisotopic (exact) mass is 305 g/mol. The minimum Gasteiger partial charge on any atom is -0.496 e. The summed E-state index contributed by atoms with van der Waals surface area (Å²) in [5.74, 6) is 0.881. The van der Waals surface area contributed by atoms with Gasteiger partial charge < -0.3 is 19.1 Å². The summed E-state index contributed by atoms with van der Waals surface area (Å²) in [7, 11) is 1.63. The average molecular weight is 305 g/mol. The molecule has 1 unspecified atom stereocenters. The Morgan fingerprint density at radius 2 is 2.05 bits per heavy atom. The Morgan fingerprint density at radius 1 is 1.27 bits per heavy atom. The van der Waals surface area contributed by atoms with Crippen molar-refractivity contribution >= 4 is 5.91 Å². The van der Waals surface area contributed by atoms with Crippen LogP contribution in [0.1, 0.15) is 24.8 Å². The Bertz CT molecular complexity index is 513. The van der Waals surface area contributed by atoms with Crippen LogP contribution in [0, 0.1) is 0 Å². The molecule has 2 heterocycles. The van der Waals surface area contributed by atoms with Crippen LogP contribution in [-0.2, 0) is 20.7 Å². The van der Waals surface area contributed by atoms with E-state index in [9.17, 15) is 4.79 Å². The molecule has 0 bridgehead atoms. The Balaban J connectivity index is 1.71. The predicted octanol–water partition coefficient (Wildman–Crippen LogP) is 1.99. The fraction of sp³-hybridized carbons (Fsp3) is 0.588. The maximum Gasteiger partial charge on any atom is 0.227 e. The summed E-state index contributed by atoms with van der Waals surface area (Å²) < 4.78 is 16.6. The van der Waals surface area contributed by atoms with Crippen LogP contribution in [0.3, 0.4) is 0 Å². The standard InChI is InChI=1S/C17H23NO4/c1-20-15-8-3-2-6-13(15)12-16(19)18-9-5-4-7-14(18)17-21-10-11-22-17/h2-3,6,8,14,17H,4-5,7,9-12H2,1H3. The lowest BCUT2D eigenvalue weighted by Gasteiger charge is -2.38. The summed E-state index contributed by atoms with van der Waals surface area (Å²) in [6.45, 7) is 2.02. The quantitative estimate of drug-likeness (QED) is 0.853. The number of likely N-dealkylation sites (tertiary alicyclic amines) is 1. The molecule has 3 rings (SSSR count). The number of carbonyl (C=O) groups excluding carboxylic acids is 1. The SMILES string of the molecule is COc1ccccc1CC(=O)N1CCCCC1C1OCCO1. The first kappa shape index (κ1) is 15.3. The summed E-state index contributed by atoms with van der Waals surface area (Å²) in [4.78, 5) is 14.7. The molecule has 0 radical (unpaired) electrons. The first-order valence-electron chi connectivity index (χ1n) is 7.94. The normalized spacial score (nSPS) is 22.8. The molecule has 2 saturated heterocycles. The topological polar surface area (TPSA) is 48.0 Å². The molecule has 5 nitrogen and oxygen atoms in total. The van der Waals surface area contributed by atoms with E-state index in [4.69, 9.17) is 14.2 Å². The minimum absolute atomic E-state index is 0.0402. The van der Waals surface area contributed by atoms with Gasteiger partial charge in [0.1, 0.15) is 5.75 Å². The number of rotatable bonds is 4. The fourth-order valence-electron chi connectivity index (χ4n) is 3.26. The second kappa shape index (κ2) is 7.11. The van der Waals surface area contributed by atoms with Crippen LogP contribution in [0.15, 0.2) is 24.3 Å². The van der Waals surface area contributed by atoms with E-state index in [0.29, 0.717) is 19.6 Å². The maximum absolute atomic E-state index is 12.8. The van der Waals surface area contributed by atoms with E-state index in [1.54, 1.807) is 7.11 Å². The highest BCUT2D eigenvalue weighted by molar-refractivity contribution is 5.80. The zero-order valence-corrected chi connectivity index (χ0v) is 13.0. The molecule has 22 heavy (non-hydrogen) atoms. The minimum atomic E-state index is -0.262. The van der Waals surface area contributed by atoms with Crippen molar-refractivity contribution in [3.05, 3.63) is 29.8 Å². The van der Waals surface area contributed by atoms with E-state index in [2.05, 4.69) is 0 Å². The van der Waals surface area contributed by atoms with Crippen molar-refractivity contribution in [3.8, 4) is 5.75 Å². The van der Waals surface area contributed by atoms with Crippen molar-refractivity contribution in [3.63, 3.8) is 0 Å². The van der Waals surface area contributed by atoms with Gasteiger partial charge in [0.15, 0.2) is 6.29 Å². The number of nitrogens with zero attached hydrogens (tertiary/aromatic N) is 1. The van der Waals surface area contributed by atoms with Gasteiger partial charge in [0.2, 0.25) is 5.91 Å². The molecule has 0 spiro atoms. The first-order chi connectivity index (χ1) is 10.8. The van der Waals surface area contributed by atoms with Crippen LogP contribution < -0.4 is 4.74 Å². The third-order valence-electron chi connectivity index (χ3n) is 4.37. The van der Waals surface area contributed by atoms with Crippen molar-refractivity contribution in [2.75, 3.05) is 26.9 Å². The van der Waals surface area contributed by atoms with E-state index in [1.807, 2.05) is 29.2 Å². The largest absolute Gasteiger partial charge is 0.496 e. The van der Waals surface area contributed by atoms with Crippen molar-refractivity contribution in [1.29, 1.82) is 0 Å². The second-order valence-corrected chi connectivity index (χ2v) is 5.75. The van der Waals surface area contributed by atoms with Gasteiger partial charge >= 0.3 is 0 Å². The number of piperidine rings is 1. The summed E-state index contributed by atoms with van der Waals surface area (Å²) in [6, 6.07) is 7.72. The third-order valence-corrected chi connectivity index (χ3v) is 4.37. The van der Waals surface area contributed by atoms with Gasteiger partial charge in [-0.3, -0.25) is 4.79 Å². The lowest BCUT2D eigenvalue weighted by Crippen LogP contribution is -2.50. The summed E-state index contributed by atoms with van der Waals surface area (Å²) >= 11 is 0. The number of ether oxygens (including phenoxy) is 3. The highest BCUT2D eigenvalue weighted by Gasteiger charge is 2.36. The number of hydrogen-bond donors (Lipinski definition) is 0. The molecular weight excluding hydrogens is 282 g/mol. The van der Waals surface area contributed by atoms with Gasteiger partial charge in [-0.1, -0.05) is 18.2 Å². The molecule has 1 aromatic carbocycles. The predicted molar refractivity (Wildman–Crippen MR) is 81.7 cm³/mol. The number of methoxy groups -OCH3 is 1. The zero-order valence-electron chi connectivity index (χ0n) is 13.0.